The zero-order chi connectivity index (χ0) is 5.98. The number of hydrogen-bond acceptors (Lipinski definition) is 1. The molecule has 0 radical (unpaired) electrons. The Labute approximate surface area is 54.2 Å². The first-order chi connectivity index (χ1) is 3.80. The van der Waals surface area contributed by atoms with Gasteiger partial charge in [0.05, 0.1) is 0 Å². The molecular formula is C5H8N2S. The summed E-state index contributed by atoms with van der Waals surface area (Å²) in [6.07, 6.45) is 3.98. The van der Waals surface area contributed by atoms with Crippen LogP contribution in [0.3, 0.4) is 0 Å². The highest BCUT2D eigenvalue weighted by molar-refractivity contribution is 7.80. The van der Waals surface area contributed by atoms with Crippen LogP contribution in [0, 0.1) is 0 Å². The van der Waals surface area contributed by atoms with Crippen molar-refractivity contribution >= 4 is 17.3 Å². The Morgan fingerprint density at radius 1 is 1.88 bits per heavy atom. The second kappa shape index (κ2) is 2.13. The molecule has 1 aliphatic rings. The predicted molar refractivity (Wildman–Crippen MR) is 37.5 cm³/mol. The molecule has 3 heteroatoms. The fourth-order valence-corrected chi connectivity index (χ4v) is 0.694. The molecule has 0 saturated carbocycles. The highest BCUT2D eigenvalue weighted by Crippen LogP contribution is 1.90. The van der Waals surface area contributed by atoms with E-state index in [0.717, 1.165) is 11.7 Å². The van der Waals surface area contributed by atoms with Crippen LogP contribution in [-0.2, 0) is 0 Å². The van der Waals surface area contributed by atoms with E-state index in [1.54, 1.807) is 0 Å². The van der Waals surface area contributed by atoms with Crippen LogP contribution in [0.25, 0.3) is 0 Å². The van der Waals surface area contributed by atoms with Crippen molar-refractivity contribution in [3.8, 4) is 0 Å². The summed E-state index contributed by atoms with van der Waals surface area (Å²) in [6.45, 7) is 0.864. The van der Waals surface area contributed by atoms with Gasteiger partial charge in [-0.2, -0.15) is 0 Å². The molecule has 0 aromatic rings. The molecule has 1 N–H and O–H groups in total. The van der Waals surface area contributed by atoms with Crippen LogP contribution in [0.15, 0.2) is 12.3 Å². The van der Waals surface area contributed by atoms with Gasteiger partial charge in [-0.3, -0.25) is 0 Å². The monoisotopic (exact) mass is 128 g/mol. The normalized spacial score (nSPS) is 18.6. The molecule has 1 aliphatic heterocycles. The third-order valence-corrected chi connectivity index (χ3v) is 1.45. The van der Waals surface area contributed by atoms with Crippen LogP contribution in [-0.4, -0.2) is 23.6 Å². The van der Waals surface area contributed by atoms with Crippen LogP contribution in [0.2, 0.25) is 0 Å². The van der Waals surface area contributed by atoms with E-state index in [-0.39, 0.29) is 0 Å². The minimum atomic E-state index is 0.799. The summed E-state index contributed by atoms with van der Waals surface area (Å²) in [4.78, 5) is 1.87. The first-order valence-corrected chi connectivity index (χ1v) is 2.89. The van der Waals surface area contributed by atoms with Gasteiger partial charge in [-0.1, -0.05) is 0 Å². The van der Waals surface area contributed by atoms with Crippen molar-refractivity contribution in [3.05, 3.63) is 12.3 Å². The Morgan fingerprint density at radius 3 is 3.00 bits per heavy atom. The number of nitrogens with zero attached hydrogens (tertiary/aromatic N) is 1. The van der Waals surface area contributed by atoms with Gasteiger partial charge < -0.3 is 10.2 Å². The average molecular weight is 128 g/mol. The lowest BCUT2D eigenvalue weighted by Crippen LogP contribution is -2.36. The fraction of sp³-hybridized carbons (Fsp3) is 0.400. The highest BCUT2D eigenvalue weighted by Gasteiger charge is 2.00. The van der Waals surface area contributed by atoms with Crippen molar-refractivity contribution < 1.29 is 0 Å². The molecule has 0 aliphatic carbocycles. The van der Waals surface area contributed by atoms with Crippen molar-refractivity contribution in [1.82, 2.24) is 10.2 Å². The Hall–Kier alpha value is -0.570. The van der Waals surface area contributed by atoms with Gasteiger partial charge >= 0.3 is 0 Å². The minimum Gasteiger partial charge on any atom is -0.359 e. The van der Waals surface area contributed by atoms with E-state index in [0.29, 0.717) is 0 Å². The molecule has 2 nitrogen and oxygen atoms in total. The van der Waals surface area contributed by atoms with Crippen molar-refractivity contribution in [3.63, 3.8) is 0 Å². The zero-order valence-electron chi connectivity index (χ0n) is 4.72. The van der Waals surface area contributed by atoms with Crippen LogP contribution < -0.4 is 5.32 Å². The number of hydrogen-bond donors (Lipinski definition) is 1. The summed E-state index contributed by atoms with van der Waals surface area (Å²) >= 11 is 4.89. The second-order valence-electron chi connectivity index (χ2n) is 1.68. The van der Waals surface area contributed by atoms with Gasteiger partial charge in [0.25, 0.3) is 0 Å². The fourth-order valence-electron chi connectivity index (χ4n) is 0.549. The molecule has 44 valence electrons. The maximum absolute atomic E-state index is 4.89. The Balaban J connectivity index is 2.60. The van der Waals surface area contributed by atoms with Gasteiger partial charge in [0.2, 0.25) is 0 Å². The lowest BCUT2D eigenvalue weighted by Gasteiger charge is -2.19. The summed E-state index contributed by atoms with van der Waals surface area (Å²) in [6, 6.07) is 0. The third-order valence-electron chi connectivity index (χ3n) is 1.02. The van der Waals surface area contributed by atoms with Gasteiger partial charge in [-0.05, 0) is 18.3 Å². The molecule has 0 fully saturated rings. The number of nitrogens with one attached hydrogen (secondary N) is 1. The number of rotatable bonds is 0. The summed E-state index contributed by atoms with van der Waals surface area (Å²) in [5.74, 6) is 0. The SMILES string of the molecule is CN1C=CCNC1=S. The smallest absolute Gasteiger partial charge is 0.172 e. The van der Waals surface area contributed by atoms with Crippen LogP contribution in [0.1, 0.15) is 0 Å². The summed E-state index contributed by atoms with van der Waals surface area (Å²) in [5, 5.41) is 3.80. The van der Waals surface area contributed by atoms with E-state index in [9.17, 15) is 0 Å². The minimum absolute atomic E-state index is 0.799. The maximum Gasteiger partial charge on any atom is 0.172 e. The van der Waals surface area contributed by atoms with E-state index in [2.05, 4.69) is 5.32 Å². The topological polar surface area (TPSA) is 15.3 Å². The molecule has 8 heavy (non-hydrogen) atoms. The molecule has 0 unspecified atom stereocenters. The van der Waals surface area contributed by atoms with Crippen molar-refractivity contribution in [2.45, 2.75) is 0 Å². The molecular weight excluding hydrogens is 120 g/mol. The maximum atomic E-state index is 4.89. The van der Waals surface area contributed by atoms with Gasteiger partial charge in [-0.15, -0.1) is 0 Å². The van der Waals surface area contributed by atoms with Gasteiger partial charge in [0.1, 0.15) is 0 Å². The Kier molecular flexibility index (Phi) is 1.48. The molecule has 0 aromatic heterocycles. The molecule has 1 heterocycles. The van der Waals surface area contributed by atoms with E-state index in [4.69, 9.17) is 12.2 Å². The largest absolute Gasteiger partial charge is 0.359 e. The van der Waals surface area contributed by atoms with Crippen LogP contribution >= 0.6 is 12.2 Å². The predicted octanol–water partition coefficient (Wildman–Crippen LogP) is 0.320. The summed E-state index contributed by atoms with van der Waals surface area (Å²) in [5.41, 5.74) is 0. The second-order valence-corrected chi connectivity index (χ2v) is 2.07. The van der Waals surface area contributed by atoms with Crippen molar-refractivity contribution in [2.75, 3.05) is 13.6 Å². The van der Waals surface area contributed by atoms with E-state index in [1.165, 1.54) is 0 Å². The Bertz CT molecular complexity index is 130. The van der Waals surface area contributed by atoms with Gasteiger partial charge in [0, 0.05) is 19.8 Å². The number of thiocarbonyl (C=S) groups is 1. The van der Waals surface area contributed by atoms with Gasteiger partial charge in [0.15, 0.2) is 5.11 Å². The lowest BCUT2D eigenvalue weighted by atomic mass is 10.5. The van der Waals surface area contributed by atoms with Crippen molar-refractivity contribution in [1.29, 1.82) is 0 Å². The molecule has 0 atom stereocenters. The molecule has 0 amide bonds. The average Bonchev–Trinajstić information content (AvgIpc) is 1.77. The first-order valence-electron chi connectivity index (χ1n) is 2.48. The van der Waals surface area contributed by atoms with Crippen molar-refractivity contribution in [2.24, 2.45) is 0 Å². The van der Waals surface area contributed by atoms with E-state index < -0.39 is 0 Å². The standard InChI is InChI=1S/C5H8N2S/c1-7-4-2-3-6-5(7)8/h2,4H,3H2,1H3,(H,6,8). The Morgan fingerprint density at radius 2 is 2.62 bits per heavy atom. The summed E-state index contributed by atoms with van der Waals surface area (Å²) < 4.78 is 0. The van der Waals surface area contributed by atoms with Gasteiger partial charge in [-0.25, -0.2) is 0 Å². The molecule has 0 bridgehead atoms. The first kappa shape index (κ1) is 5.56. The zero-order valence-corrected chi connectivity index (χ0v) is 5.53. The third kappa shape index (κ3) is 0.980. The molecule has 1 rings (SSSR count). The van der Waals surface area contributed by atoms with Crippen LogP contribution in [0.5, 0.6) is 0 Å². The van der Waals surface area contributed by atoms with E-state index in [1.807, 2.05) is 24.2 Å². The van der Waals surface area contributed by atoms with Crippen LogP contribution in [0.4, 0.5) is 0 Å². The lowest BCUT2D eigenvalue weighted by molar-refractivity contribution is 0.644. The highest BCUT2D eigenvalue weighted by atomic mass is 32.1. The van der Waals surface area contributed by atoms with E-state index >= 15 is 0 Å². The molecule has 0 saturated heterocycles. The molecule has 0 aromatic carbocycles. The summed E-state index contributed by atoms with van der Waals surface area (Å²) in [7, 11) is 1.92. The quantitative estimate of drug-likeness (QED) is 0.473. The molecule has 0 spiro atoms.